The average Bonchev–Trinajstić information content (AvgIpc) is 3.23. The van der Waals surface area contributed by atoms with Gasteiger partial charge in [0.25, 0.3) is 0 Å². The van der Waals surface area contributed by atoms with Crippen LogP contribution in [0.1, 0.15) is 50.9 Å². The van der Waals surface area contributed by atoms with Gasteiger partial charge in [-0.05, 0) is 49.2 Å². The summed E-state index contributed by atoms with van der Waals surface area (Å²) < 4.78 is 22.7. The molecule has 0 radical (unpaired) electrons. The maximum atomic E-state index is 11.1. The second-order valence-electron chi connectivity index (χ2n) is 14.1. The quantitative estimate of drug-likeness (QED) is 0.263. The van der Waals surface area contributed by atoms with E-state index in [1.807, 2.05) is 12.1 Å². The van der Waals surface area contributed by atoms with E-state index in [2.05, 4.69) is 88.3 Å². The number of hydrogen-bond acceptors (Lipinski definition) is 14. The number of hydrogen-bond donors (Lipinski definition) is 2. The first-order chi connectivity index (χ1) is 27.2. The third-order valence-corrected chi connectivity index (χ3v) is 10.3. The molecular formula is C40H50N10O6. The van der Waals surface area contributed by atoms with Crippen LogP contribution in [0.3, 0.4) is 0 Å². The molecule has 2 aromatic heterocycles. The molecular weight excluding hydrogens is 717 g/mol. The Balaban J connectivity index is 0.000000172. The van der Waals surface area contributed by atoms with Crippen molar-refractivity contribution in [3.8, 4) is 23.0 Å². The largest absolute Gasteiger partial charge is 0.486 e. The van der Waals surface area contributed by atoms with Gasteiger partial charge in [0.05, 0.1) is 36.2 Å². The summed E-state index contributed by atoms with van der Waals surface area (Å²) >= 11 is 0. The minimum absolute atomic E-state index is 0.127. The molecule has 2 fully saturated rings. The lowest BCUT2D eigenvalue weighted by atomic mass is 10.0. The van der Waals surface area contributed by atoms with Crippen molar-refractivity contribution in [1.82, 2.24) is 29.7 Å². The molecule has 2 aromatic carbocycles. The molecule has 0 saturated carbocycles. The lowest BCUT2D eigenvalue weighted by molar-refractivity contribution is -0.115. The van der Waals surface area contributed by atoms with Crippen molar-refractivity contribution in [3.63, 3.8) is 0 Å². The molecule has 0 bridgehead atoms. The number of rotatable bonds is 8. The van der Waals surface area contributed by atoms with E-state index in [1.54, 1.807) is 24.8 Å². The number of benzene rings is 2. The molecule has 8 rings (SSSR count). The van der Waals surface area contributed by atoms with Crippen molar-refractivity contribution in [1.29, 1.82) is 0 Å². The second-order valence-corrected chi connectivity index (χ2v) is 14.1. The van der Waals surface area contributed by atoms with Gasteiger partial charge < -0.3 is 39.4 Å². The van der Waals surface area contributed by atoms with Gasteiger partial charge in [0.15, 0.2) is 23.0 Å². The van der Waals surface area contributed by atoms with Crippen LogP contribution in [-0.4, -0.2) is 120 Å². The summed E-state index contributed by atoms with van der Waals surface area (Å²) in [5.74, 6) is 4.46. The first-order valence-electron chi connectivity index (χ1n) is 19.2. The Labute approximate surface area is 327 Å². The summed E-state index contributed by atoms with van der Waals surface area (Å²) in [6.07, 6.45) is 6.59. The molecule has 16 nitrogen and oxygen atoms in total. The highest BCUT2D eigenvalue weighted by atomic mass is 16.6. The molecule has 0 unspecified atom stereocenters. The fourth-order valence-corrected chi connectivity index (χ4v) is 7.18. The number of nitrogens with zero attached hydrogens (tertiary/aromatic N) is 8. The van der Waals surface area contributed by atoms with E-state index in [0.717, 1.165) is 75.4 Å². The number of amides is 2. The lowest BCUT2D eigenvalue weighted by Crippen LogP contribution is -2.47. The minimum Gasteiger partial charge on any atom is -0.486 e. The first-order valence-corrected chi connectivity index (χ1v) is 19.2. The molecule has 0 aliphatic carbocycles. The van der Waals surface area contributed by atoms with Crippen LogP contribution >= 0.6 is 0 Å². The maximum Gasteiger partial charge on any atom is 0.225 e. The standard InChI is InChI=1S/2C20H25N5O3/c2*1-14(16-3-4-18-19(11-16)28-10-9-27-18)24-5-7-25(8-6-24)20-21-12-17(13-22-20)23-15(2)26/h2*3-4,11-14H,5-10H2,1-2H3,(H,23,26)/t2*14-/m10/s1. The molecule has 2 amide bonds. The molecule has 2 saturated heterocycles. The summed E-state index contributed by atoms with van der Waals surface area (Å²) in [7, 11) is 0. The predicted octanol–water partition coefficient (Wildman–Crippen LogP) is 4.18. The van der Waals surface area contributed by atoms with Crippen molar-refractivity contribution in [2.24, 2.45) is 0 Å². The molecule has 6 heterocycles. The fraction of sp³-hybridized carbons (Fsp3) is 0.450. The summed E-state index contributed by atoms with van der Waals surface area (Å²) in [6.45, 7) is 16.9. The number of anilines is 4. The average molecular weight is 767 g/mol. The Kier molecular flexibility index (Phi) is 12.3. The van der Waals surface area contributed by atoms with Gasteiger partial charge in [0.2, 0.25) is 23.7 Å². The van der Waals surface area contributed by atoms with Crippen LogP contribution in [0.4, 0.5) is 23.3 Å². The van der Waals surface area contributed by atoms with Gasteiger partial charge in [-0.2, -0.15) is 0 Å². The van der Waals surface area contributed by atoms with Gasteiger partial charge >= 0.3 is 0 Å². The Morgan fingerprint density at radius 2 is 0.875 bits per heavy atom. The van der Waals surface area contributed by atoms with Crippen LogP contribution in [0.5, 0.6) is 23.0 Å². The predicted molar refractivity (Wildman–Crippen MR) is 212 cm³/mol. The summed E-state index contributed by atoms with van der Waals surface area (Å²) in [6, 6.07) is 13.0. The van der Waals surface area contributed by atoms with E-state index in [-0.39, 0.29) is 11.8 Å². The zero-order valence-corrected chi connectivity index (χ0v) is 32.4. The fourth-order valence-electron chi connectivity index (χ4n) is 7.18. The van der Waals surface area contributed by atoms with E-state index < -0.39 is 0 Å². The van der Waals surface area contributed by atoms with Crippen molar-refractivity contribution < 1.29 is 28.5 Å². The Bertz CT molecular complexity index is 1810. The van der Waals surface area contributed by atoms with Crippen molar-refractivity contribution >= 4 is 35.1 Å². The molecule has 56 heavy (non-hydrogen) atoms. The monoisotopic (exact) mass is 766 g/mol. The SMILES string of the molecule is CC(=O)Nc1cnc(N2CCN([C@@H](C)c3ccc4c(c3)OCCO4)CC2)nc1.CC(=O)Nc1cnc(N2CCN([C@H](C)c3ccc4c(c3)OCCO4)CC2)nc1. The van der Waals surface area contributed by atoms with E-state index in [9.17, 15) is 9.59 Å². The zero-order chi connectivity index (χ0) is 39.0. The third kappa shape index (κ3) is 9.55. The number of aromatic nitrogens is 4. The van der Waals surface area contributed by atoms with Gasteiger partial charge in [-0.3, -0.25) is 19.4 Å². The molecule has 4 aliphatic rings. The van der Waals surface area contributed by atoms with Crippen LogP contribution in [0, 0.1) is 0 Å². The molecule has 4 aliphatic heterocycles. The van der Waals surface area contributed by atoms with Crippen molar-refractivity contribution in [2.75, 3.05) is 99.2 Å². The van der Waals surface area contributed by atoms with Crippen LogP contribution in [0.25, 0.3) is 0 Å². The minimum atomic E-state index is -0.127. The van der Waals surface area contributed by atoms with Crippen LogP contribution in [-0.2, 0) is 9.59 Å². The number of nitrogens with one attached hydrogen (secondary N) is 2. The Morgan fingerprint density at radius 3 is 1.21 bits per heavy atom. The van der Waals surface area contributed by atoms with Gasteiger partial charge in [-0.1, -0.05) is 12.1 Å². The number of piperazine rings is 2. The van der Waals surface area contributed by atoms with Crippen molar-refractivity contribution in [2.45, 2.75) is 39.8 Å². The van der Waals surface area contributed by atoms with E-state index >= 15 is 0 Å². The topological polar surface area (TPSA) is 160 Å². The highest BCUT2D eigenvalue weighted by molar-refractivity contribution is 5.88. The zero-order valence-electron chi connectivity index (χ0n) is 32.4. The molecule has 2 N–H and O–H groups in total. The molecule has 2 atom stereocenters. The maximum absolute atomic E-state index is 11.1. The van der Waals surface area contributed by atoms with E-state index in [1.165, 1.54) is 25.0 Å². The van der Waals surface area contributed by atoms with Crippen LogP contribution in [0.2, 0.25) is 0 Å². The van der Waals surface area contributed by atoms with Gasteiger partial charge in [0.1, 0.15) is 26.4 Å². The van der Waals surface area contributed by atoms with E-state index in [0.29, 0.717) is 61.8 Å². The lowest BCUT2D eigenvalue weighted by Gasteiger charge is -2.38. The van der Waals surface area contributed by atoms with E-state index in [4.69, 9.17) is 18.9 Å². The van der Waals surface area contributed by atoms with Crippen LogP contribution in [0.15, 0.2) is 61.2 Å². The normalized spacial score (nSPS) is 17.9. The molecule has 16 heteroatoms. The third-order valence-electron chi connectivity index (χ3n) is 10.3. The van der Waals surface area contributed by atoms with Gasteiger partial charge in [0, 0.05) is 78.3 Å². The highest BCUT2D eigenvalue weighted by Gasteiger charge is 2.26. The second kappa shape index (κ2) is 17.8. The molecule has 0 spiro atoms. The number of ether oxygens (including phenoxy) is 4. The smallest absolute Gasteiger partial charge is 0.225 e. The number of fused-ring (bicyclic) bond motifs is 2. The summed E-state index contributed by atoms with van der Waals surface area (Å²) in [5.41, 5.74) is 3.69. The van der Waals surface area contributed by atoms with Crippen molar-refractivity contribution in [3.05, 3.63) is 72.3 Å². The number of carbonyl (C=O) groups is 2. The Morgan fingerprint density at radius 1 is 0.536 bits per heavy atom. The summed E-state index contributed by atoms with van der Waals surface area (Å²) in [4.78, 5) is 49.0. The first kappa shape index (κ1) is 38.5. The molecule has 296 valence electrons. The Hall–Kier alpha value is -5.74. The van der Waals surface area contributed by atoms with Gasteiger partial charge in [-0.15, -0.1) is 0 Å². The number of carbonyl (C=O) groups excluding carboxylic acids is 2. The summed E-state index contributed by atoms with van der Waals surface area (Å²) in [5, 5.41) is 5.37. The van der Waals surface area contributed by atoms with Gasteiger partial charge in [-0.25, -0.2) is 19.9 Å². The van der Waals surface area contributed by atoms with Crippen LogP contribution < -0.4 is 39.4 Å². The highest BCUT2D eigenvalue weighted by Crippen LogP contribution is 2.36. The molecule has 4 aromatic rings.